The number of hydrogen-bond donors (Lipinski definition) is 3. The summed E-state index contributed by atoms with van der Waals surface area (Å²) < 4.78 is 0. The summed E-state index contributed by atoms with van der Waals surface area (Å²) in [5.41, 5.74) is 1.81. The molecule has 0 fully saturated rings. The molecule has 0 spiro atoms. The maximum atomic E-state index is 11.9. The quantitative estimate of drug-likeness (QED) is 0.727. The number of rotatable bonds is 7. The second-order valence-electron chi connectivity index (χ2n) is 5.28. The molecule has 0 aliphatic carbocycles. The molecule has 1 atom stereocenters. The molecule has 126 valence electrons. The summed E-state index contributed by atoms with van der Waals surface area (Å²) in [6.45, 7) is 2.49. The molecule has 1 unspecified atom stereocenters. The van der Waals surface area contributed by atoms with Crippen molar-refractivity contribution in [1.82, 2.24) is 20.9 Å². The molecule has 2 rings (SSSR count). The lowest BCUT2D eigenvalue weighted by Crippen LogP contribution is -2.44. The van der Waals surface area contributed by atoms with Crippen molar-refractivity contribution in [3.63, 3.8) is 0 Å². The molecule has 2 aromatic rings. The van der Waals surface area contributed by atoms with Crippen LogP contribution in [0.3, 0.4) is 0 Å². The highest BCUT2D eigenvalue weighted by Crippen LogP contribution is 2.19. The Bertz CT molecular complexity index is 607. The number of nitrogens with one attached hydrogen (secondary N) is 3. The maximum absolute atomic E-state index is 11.9. The highest BCUT2D eigenvalue weighted by molar-refractivity contribution is 5.95. The zero-order chi connectivity index (χ0) is 17.2. The standard InChI is InChI=1S/C18H22N4O2/c1-2-11-20-18(24)22-16(23)13-21-17(14-8-4-3-5-9-14)15-10-6-7-12-19-15/h3-10,12,17,21H,2,11,13H2,1H3,(H2,20,22,23,24). The monoisotopic (exact) mass is 326 g/mol. The lowest BCUT2D eigenvalue weighted by Gasteiger charge is -2.18. The Hall–Kier alpha value is -2.73. The van der Waals surface area contributed by atoms with Crippen molar-refractivity contribution in [2.24, 2.45) is 0 Å². The Morgan fingerprint density at radius 1 is 1.08 bits per heavy atom. The zero-order valence-electron chi connectivity index (χ0n) is 13.7. The first-order valence-electron chi connectivity index (χ1n) is 7.97. The largest absolute Gasteiger partial charge is 0.338 e. The van der Waals surface area contributed by atoms with Crippen LogP contribution >= 0.6 is 0 Å². The minimum Gasteiger partial charge on any atom is -0.338 e. The van der Waals surface area contributed by atoms with Gasteiger partial charge in [0.25, 0.3) is 0 Å². The average Bonchev–Trinajstić information content (AvgIpc) is 2.62. The molecule has 1 heterocycles. The fraction of sp³-hybridized carbons (Fsp3) is 0.278. The first-order chi connectivity index (χ1) is 11.7. The van der Waals surface area contributed by atoms with Crippen LogP contribution in [0.25, 0.3) is 0 Å². The Morgan fingerprint density at radius 2 is 1.83 bits per heavy atom. The summed E-state index contributed by atoms with van der Waals surface area (Å²) in [5.74, 6) is -0.388. The van der Waals surface area contributed by atoms with Crippen molar-refractivity contribution in [2.75, 3.05) is 13.1 Å². The maximum Gasteiger partial charge on any atom is 0.321 e. The van der Waals surface area contributed by atoms with E-state index in [2.05, 4.69) is 20.9 Å². The van der Waals surface area contributed by atoms with Crippen molar-refractivity contribution < 1.29 is 9.59 Å². The third-order valence-electron chi connectivity index (χ3n) is 3.37. The van der Waals surface area contributed by atoms with Crippen LogP contribution in [0, 0.1) is 0 Å². The molecule has 3 amide bonds. The summed E-state index contributed by atoms with van der Waals surface area (Å²) in [4.78, 5) is 27.8. The minimum atomic E-state index is -0.474. The molecule has 1 aromatic carbocycles. The Morgan fingerprint density at radius 3 is 2.50 bits per heavy atom. The number of carbonyl (C=O) groups is 2. The molecule has 0 bridgehead atoms. The summed E-state index contributed by atoms with van der Waals surface area (Å²) in [6.07, 6.45) is 2.53. The van der Waals surface area contributed by atoms with Crippen LogP contribution in [-0.2, 0) is 4.79 Å². The molecule has 0 radical (unpaired) electrons. The van der Waals surface area contributed by atoms with Gasteiger partial charge in [0.1, 0.15) is 0 Å². The number of nitrogens with zero attached hydrogens (tertiary/aromatic N) is 1. The van der Waals surface area contributed by atoms with Crippen LogP contribution in [0.2, 0.25) is 0 Å². The normalized spacial score (nSPS) is 11.5. The number of benzene rings is 1. The van der Waals surface area contributed by atoms with E-state index < -0.39 is 6.03 Å². The molecule has 0 aliphatic rings. The number of urea groups is 1. The number of aromatic nitrogens is 1. The van der Waals surface area contributed by atoms with Crippen LogP contribution in [0.4, 0.5) is 4.79 Å². The van der Waals surface area contributed by atoms with E-state index in [4.69, 9.17) is 0 Å². The van der Waals surface area contributed by atoms with Crippen LogP contribution in [-0.4, -0.2) is 30.0 Å². The zero-order valence-corrected chi connectivity index (χ0v) is 13.7. The first-order valence-corrected chi connectivity index (χ1v) is 7.97. The lowest BCUT2D eigenvalue weighted by molar-refractivity contribution is -0.119. The van der Waals surface area contributed by atoms with Gasteiger partial charge in [-0.15, -0.1) is 0 Å². The molecular formula is C18H22N4O2. The Kier molecular flexibility index (Phi) is 6.91. The predicted molar refractivity (Wildman–Crippen MR) is 92.4 cm³/mol. The van der Waals surface area contributed by atoms with Gasteiger partial charge < -0.3 is 5.32 Å². The van der Waals surface area contributed by atoms with Gasteiger partial charge >= 0.3 is 6.03 Å². The van der Waals surface area contributed by atoms with Crippen molar-refractivity contribution in [3.8, 4) is 0 Å². The van der Waals surface area contributed by atoms with Crippen molar-refractivity contribution in [1.29, 1.82) is 0 Å². The van der Waals surface area contributed by atoms with Gasteiger partial charge in [0.05, 0.1) is 18.3 Å². The van der Waals surface area contributed by atoms with Crippen molar-refractivity contribution in [2.45, 2.75) is 19.4 Å². The molecular weight excluding hydrogens is 304 g/mol. The van der Waals surface area contributed by atoms with E-state index in [1.165, 1.54) is 0 Å². The smallest absolute Gasteiger partial charge is 0.321 e. The molecule has 24 heavy (non-hydrogen) atoms. The molecule has 3 N–H and O–H groups in total. The summed E-state index contributed by atoms with van der Waals surface area (Å²) in [6, 6.07) is 14.7. The molecule has 6 heteroatoms. The SMILES string of the molecule is CCCNC(=O)NC(=O)CNC(c1ccccc1)c1ccccn1. The van der Waals surface area contributed by atoms with Crippen LogP contribution < -0.4 is 16.0 Å². The summed E-state index contributed by atoms with van der Waals surface area (Å²) >= 11 is 0. The highest BCUT2D eigenvalue weighted by atomic mass is 16.2. The lowest BCUT2D eigenvalue weighted by atomic mass is 10.0. The molecule has 1 aromatic heterocycles. The number of amides is 3. The van der Waals surface area contributed by atoms with Gasteiger partial charge in [0, 0.05) is 12.7 Å². The molecule has 0 saturated carbocycles. The van der Waals surface area contributed by atoms with Gasteiger partial charge in [-0.2, -0.15) is 0 Å². The van der Waals surface area contributed by atoms with Crippen LogP contribution in [0.1, 0.15) is 30.6 Å². The summed E-state index contributed by atoms with van der Waals surface area (Å²) in [5, 5.41) is 8.06. The van der Waals surface area contributed by atoms with E-state index in [1.54, 1.807) is 6.20 Å². The fourth-order valence-electron chi connectivity index (χ4n) is 2.23. The van der Waals surface area contributed by atoms with E-state index in [9.17, 15) is 9.59 Å². The van der Waals surface area contributed by atoms with E-state index in [0.717, 1.165) is 17.7 Å². The summed E-state index contributed by atoms with van der Waals surface area (Å²) in [7, 11) is 0. The Labute approximate surface area is 141 Å². The third kappa shape index (κ3) is 5.48. The van der Waals surface area contributed by atoms with Gasteiger partial charge in [-0.1, -0.05) is 43.3 Å². The van der Waals surface area contributed by atoms with Gasteiger partial charge in [-0.3, -0.25) is 20.4 Å². The van der Waals surface area contributed by atoms with Crippen molar-refractivity contribution >= 4 is 11.9 Å². The van der Waals surface area contributed by atoms with Crippen LogP contribution in [0.15, 0.2) is 54.7 Å². The number of pyridine rings is 1. The van der Waals surface area contributed by atoms with E-state index in [-0.39, 0.29) is 18.5 Å². The van der Waals surface area contributed by atoms with Gasteiger partial charge in [-0.05, 0) is 24.1 Å². The number of carbonyl (C=O) groups excluding carboxylic acids is 2. The average molecular weight is 326 g/mol. The van der Waals surface area contributed by atoms with Gasteiger partial charge in [0.2, 0.25) is 5.91 Å². The number of hydrogen-bond acceptors (Lipinski definition) is 4. The van der Waals surface area contributed by atoms with Crippen molar-refractivity contribution in [3.05, 3.63) is 66.0 Å². The second-order valence-corrected chi connectivity index (χ2v) is 5.28. The van der Waals surface area contributed by atoms with Gasteiger partial charge in [0.15, 0.2) is 0 Å². The fourth-order valence-corrected chi connectivity index (χ4v) is 2.23. The van der Waals surface area contributed by atoms with E-state index in [1.807, 2.05) is 55.5 Å². The topological polar surface area (TPSA) is 83.1 Å². The predicted octanol–water partition coefficient (Wildman–Crippen LogP) is 2.00. The first kappa shape index (κ1) is 17.6. The highest BCUT2D eigenvalue weighted by Gasteiger charge is 2.16. The van der Waals surface area contributed by atoms with E-state index >= 15 is 0 Å². The molecule has 6 nitrogen and oxygen atoms in total. The minimum absolute atomic E-state index is 0.00960. The Balaban J connectivity index is 1.99. The second kappa shape index (κ2) is 9.42. The van der Waals surface area contributed by atoms with Crippen LogP contribution in [0.5, 0.6) is 0 Å². The number of imide groups is 1. The van der Waals surface area contributed by atoms with Gasteiger partial charge in [-0.25, -0.2) is 4.79 Å². The molecule has 0 aliphatic heterocycles. The molecule has 0 saturated heterocycles. The van der Waals surface area contributed by atoms with E-state index in [0.29, 0.717) is 6.54 Å². The third-order valence-corrected chi connectivity index (χ3v) is 3.37.